The van der Waals surface area contributed by atoms with Crippen LogP contribution in [0.3, 0.4) is 0 Å². The van der Waals surface area contributed by atoms with Gasteiger partial charge in [-0.05, 0) is 29.7 Å². The molecule has 0 unspecified atom stereocenters. The molecule has 0 atom stereocenters. The molecule has 0 fully saturated rings. The van der Waals surface area contributed by atoms with E-state index >= 15 is 0 Å². The molecule has 0 spiro atoms. The minimum absolute atomic E-state index is 0.205. The van der Waals surface area contributed by atoms with Gasteiger partial charge in [-0.25, -0.2) is 4.98 Å². The van der Waals surface area contributed by atoms with Crippen LogP contribution in [0.4, 0.5) is 5.69 Å². The van der Waals surface area contributed by atoms with Crippen LogP contribution in [0.2, 0.25) is 10.0 Å². The molecule has 29 heavy (non-hydrogen) atoms. The summed E-state index contributed by atoms with van der Waals surface area (Å²) < 4.78 is 5.40. The van der Waals surface area contributed by atoms with E-state index in [0.29, 0.717) is 34.6 Å². The second kappa shape index (κ2) is 8.55. The van der Waals surface area contributed by atoms with Gasteiger partial charge in [0.2, 0.25) is 5.89 Å². The van der Waals surface area contributed by atoms with Crippen LogP contribution in [-0.4, -0.2) is 24.0 Å². The largest absolute Gasteiger partial charge is 0.444 e. The summed E-state index contributed by atoms with van der Waals surface area (Å²) in [4.78, 5) is 16.6. The number of carbonyl (C=O) groups excluding carboxylic acids is 1. The maximum atomic E-state index is 12.3. The summed E-state index contributed by atoms with van der Waals surface area (Å²) in [5, 5.41) is 9.33. The first-order valence-electron chi connectivity index (χ1n) is 9.02. The summed E-state index contributed by atoms with van der Waals surface area (Å²) in [6.45, 7) is 1.02. The number of hydrogen-bond acceptors (Lipinski definition) is 4. The number of aromatic nitrogens is 1. The Morgan fingerprint density at radius 2 is 1.79 bits per heavy atom. The van der Waals surface area contributed by atoms with Gasteiger partial charge in [-0.15, -0.1) is 0 Å². The van der Waals surface area contributed by atoms with Crippen LogP contribution in [0, 0.1) is 0 Å². The molecular weight excluding hydrogens is 409 g/mol. The minimum Gasteiger partial charge on any atom is -0.444 e. The van der Waals surface area contributed by atoms with E-state index in [-0.39, 0.29) is 11.6 Å². The van der Waals surface area contributed by atoms with Crippen molar-refractivity contribution < 1.29 is 9.21 Å². The molecule has 1 heterocycles. The Labute approximate surface area is 177 Å². The number of carbonyl (C=O) groups is 1. The summed E-state index contributed by atoms with van der Waals surface area (Å²) in [5.41, 5.74) is 1.88. The first-order chi connectivity index (χ1) is 14.1. The average molecular weight is 426 g/mol. The number of anilines is 1. The number of amides is 1. The first kappa shape index (κ1) is 19.3. The number of rotatable bonds is 6. The Morgan fingerprint density at radius 1 is 0.966 bits per heavy atom. The third-order valence-electron chi connectivity index (χ3n) is 4.42. The molecule has 4 aromatic rings. The van der Waals surface area contributed by atoms with Crippen molar-refractivity contribution in [3.8, 4) is 11.5 Å². The highest BCUT2D eigenvalue weighted by molar-refractivity contribution is 6.42. The van der Waals surface area contributed by atoms with Gasteiger partial charge in [-0.3, -0.25) is 4.79 Å². The second-order valence-electron chi connectivity index (χ2n) is 6.38. The molecule has 4 rings (SSSR count). The van der Waals surface area contributed by atoms with Gasteiger partial charge >= 0.3 is 0 Å². The lowest BCUT2D eigenvalue weighted by Gasteiger charge is -2.10. The Balaban J connectivity index is 1.34. The SMILES string of the molecule is O=C(NCCNc1cccc2ccccc12)c1coc(-c2ccc(Cl)c(Cl)c2)n1. The van der Waals surface area contributed by atoms with E-state index in [2.05, 4.69) is 33.8 Å². The van der Waals surface area contributed by atoms with Gasteiger partial charge in [-0.2, -0.15) is 0 Å². The Kier molecular flexibility index (Phi) is 5.69. The van der Waals surface area contributed by atoms with E-state index in [1.54, 1.807) is 18.2 Å². The van der Waals surface area contributed by atoms with Crippen LogP contribution in [0.1, 0.15) is 10.5 Å². The Bertz CT molecular complexity index is 1170. The molecule has 5 nitrogen and oxygen atoms in total. The molecule has 0 bridgehead atoms. The summed E-state index contributed by atoms with van der Waals surface area (Å²) in [7, 11) is 0. The molecule has 0 saturated heterocycles. The van der Waals surface area contributed by atoms with Gasteiger partial charge in [-0.1, -0.05) is 59.6 Å². The highest BCUT2D eigenvalue weighted by atomic mass is 35.5. The van der Waals surface area contributed by atoms with Crippen LogP contribution in [0.25, 0.3) is 22.2 Å². The third kappa shape index (κ3) is 4.36. The fraction of sp³-hybridized carbons (Fsp3) is 0.0909. The van der Waals surface area contributed by atoms with Crippen molar-refractivity contribution in [1.29, 1.82) is 0 Å². The van der Waals surface area contributed by atoms with E-state index in [1.165, 1.54) is 11.6 Å². The lowest BCUT2D eigenvalue weighted by molar-refractivity contribution is 0.0950. The zero-order valence-electron chi connectivity index (χ0n) is 15.3. The predicted octanol–water partition coefficient (Wildman–Crippen LogP) is 5.64. The fourth-order valence-corrected chi connectivity index (χ4v) is 3.28. The molecule has 7 heteroatoms. The third-order valence-corrected chi connectivity index (χ3v) is 5.16. The number of nitrogens with zero attached hydrogens (tertiary/aromatic N) is 1. The number of hydrogen-bond donors (Lipinski definition) is 2. The maximum Gasteiger partial charge on any atom is 0.273 e. The van der Waals surface area contributed by atoms with E-state index in [0.717, 1.165) is 11.1 Å². The normalized spacial score (nSPS) is 10.8. The number of fused-ring (bicyclic) bond motifs is 1. The van der Waals surface area contributed by atoms with Gasteiger partial charge in [0.1, 0.15) is 6.26 Å². The zero-order chi connectivity index (χ0) is 20.2. The first-order valence-corrected chi connectivity index (χ1v) is 9.78. The predicted molar refractivity (Wildman–Crippen MR) is 117 cm³/mol. The van der Waals surface area contributed by atoms with E-state index in [9.17, 15) is 4.79 Å². The van der Waals surface area contributed by atoms with E-state index < -0.39 is 0 Å². The highest BCUT2D eigenvalue weighted by Gasteiger charge is 2.14. The van der Waals surface area contributed by atoms with Crippen molar-refractivity contribution in [1.82, 2.24) is 10.3 Å². The smallest absolute Gasteiger partial charge is 0.273 e. The number of benzene rings is 3. The van der Waals surface area contributed by atoms with Crippen molar-refractivity contribution in [2.24, 2.45) is 0 Å². The van der Waals surface area contributed by atoms with Crippen LogP contribution >= 0.6 is 23.2 Å². The molecule has 3 aromatic carbocycles. The Hall–Kier alpha value is -3.02. The summed E-state index contributed by atoms with van der Waals surface area (Å²) in [6, 6.07) is 19.3. The Morgan fingerprint density at radius 3 is 2.66 bits per heavy atom. The van der Waals surface area contributed by atoms with Crippen LogP contribution in [-0.2, 0) is 0 Å². The van der Waals surface area contributed by atoms with E-state index in [1.807, 2.05) is 24.3 Å². The number of oxazole rings is 1. The number of halogens is 2. The molecule has 1 aromatic heterocycles. The fourth-order valence-electron chi connectivity index (χ4n) is 2.98. The van der Waals surface area contributed by atoms with Gasteiger partial charge in [0.25, 0.3) is 5.91 Å². The summed E-state index contributed by atoms with van der Waals surface area (Å²) >= 11 is 11.9. The van der Waals surface area contributed by atoms with Gasteiger partial charge in [0, 0.05) is 29.7 Å². The molecule has 146 valence electrons. The van der Waals surface area contributed by atoms with Gasteiger partial charge in [0.05, 0.1) is 10.0 Å². The minimum atomic E-state index is -0.306. The molecule has 0 aliphatic carbocycles. The molecule has 0 radical (unpaired) electrons. The van der Waals surface area contributed by atoms with Gasteiger partial charge < -0.3 is 15.1 Å². The summed E-state index contributed by atoms with van der Waals surface area (Å²) in [5.74, 6) is 0.00220. The quantitative estimate of drug-likeness (QED) is 0.392. The molecule has 0 saturated carbocycles. The lowest BCUT2D eigenvalue weighted by atomic mass is 10.1. The van der Waals surface area contributed by atoms with Crippen molar-refractivity contribution in [3.63, 3.8) is 0 Å². The van der Waals surface area contributed by atoms with Crippen molar-refractivity contribution >= 4 is 45.6 Å². The van der Waals surface area contributed by atoms with Crippen LogP contribution < -0.4 is 10.6 Å². The highest BCUT2D eigenvalue weighted by Crippen LogP contribution is 2.28. The number of nitrogens with one attached hydrogen (secondary N) is 2. The lowest BCUT2D eigenvalue weighted by Crippen LogP contribution is -2.29. The van der Waals surface area contributed by atoms with E-state index in [4.69, 9.17) is 27.6 Å². The van der Waals surface area contributed by atoms with Gasteiger partial charge in [0.15, 0.2) is 5.69 Å². The molecule has 0 aliphatic heterocycles. The average Bonchev–Trinajstić information content (AvgIpc) is 3.23. The standard InChI is InChI=1S/C22H17Cl2N3O2/c23-17-9-8-15(12-18(17)24)22-27-20(13-29-22)21(28)26-11-10-25-19-7-3-5-14-4-1-2-6-16(14)19/h1-9,12-13,25H,10-11H2,(H,26,28). The van der Waals surface area contributed by atoms with Crippen molar-refractivity contribution in [2.45, 2.75) is 0 Å². The molecular formula is C22H17Cl2N3O2. The molecule has 2 N–H and O–H groups in total. The van der Waals surface area contributed by atoms with Crippen molar-refractivity contribution in [2.75, 3.05) is 18.4 Å². The van der Waals surface area contributed by atoms with Crippen LogP contribution in [0.5, 0.6) is 0 Å². The summed E-state index contributed by atoms with van der Waals surface area (Å²) in [6.07, 6.45) is 1.32. The topological polar surface area (TPSA) is 67.2 Å². The monoisotopic (exact) mass is 425 g/mol. The molecule has 0 aliphatic rings. The second-order valence-corrected chi connectivity index (χ2v) is 7.19. The zero-order valence-corrected chi connectivity index (χ0v) is 16.8. The molecule has 1 amide bonds. The van der Waals surface area contributed by atoms with Crippen molar-refractivity contribution in [3.05, 3.63) is 82.7 Å². The van der Waals surface area contributed by atoms with Crippen LogP contribution in [0.15, 0.2) is 71.3 Å². The maximum absolute atomic E-state index is 12.3.